The van der Waals surface area contributed by atoms with Gasteiger partial charge in [0.05, 0.1) is 0 Å². The van der Waals surface area contributed by atoms with Crippen LogP contribution in [0.25, 0.3) is 0 Å². The molecule has 0 unspecified atom stereocenters. The minimum atomic E-state index is -0.673. The molecule has 0 heterocycles. The van der Waals surface area contributed by atoms with Crippen molar-refractivity contribution in [2.24, 2.45) is 5.16 Å². The smallest absolute Gasteiger partial charge is 0.296 e. The lowest BCUT2D eigenvalue weighted by Crippen LogP contribution is -2.09. The van der Waals surface area contributed by atoms with Crippen LogP contribution in [0.5, 0.6) is 0 Å². The molecule has 0 fully saturated rings. The zero-order chi connectivity index (χ0) is 7.98. The Hall–Kier alpha value is -0.710. The van der Waals surface area contributed by atoms with Gasteiger partial charge in [-0.1, -0.05) is 5.16 Å². The van der Waals surface area contributed by atoms with Crippen molar-refractivity contribution in [2.45, 2.75) is 6.92 Å². The lowest BCUT2D eigenvalue weighted by Gasteiger charge is -1.93. The highest BCUT2D eigenvalue weighted by atomic mass is 32.2. The van der Waals surface area contributed by atoms with Gasteiger partial charge in [-0.2, -0.15) is 0 Å². The Labute approximate surface area is 64.0 Å². The maximum Gasteiger partial charge on any atom is 0.454 e. The average molecular weight is 161 g/mol. The predicted octanol–water partition coefficient (Wildman–Crippen LogP) is 1.05. The fourth-order valence-electron chi connectivity index (χ4n) is 0.181. The van der Waals surface area contributed by atoms with Crippen molar-refractivity contribution >= 4 is 22.9 Å². The second-order valence-electron chi connectivity index (χ2n) is 1.40. The van der Waals surface area contributed by atoms with Gasteiger partial charge in [-0.15, -0.1) is 11.8 Å². The van der Waals surface area contributed by atoms with E-state index in [1.807, 2.05) is 6.26 Å². The summed E-state index contributed by atoms with van der Waals surface area (Å²) in [7, 11) is 1.35. The molecule has 0 aromatic carbocycles. The summed E-state index contributed by atoms with van der Waals surface area (Å²) in [6.45, 7) is 1.74. The van der Waals surface area contributed by atoms with Crippen molar-refractivity contribution in [3.63, 3.8) is 0 Å². The van der Waals surface area contributed by atoms with E-state index >= 15 is 0 Å². The molecule has 0 aromatic heterocycles. The van der Waals surface area contributed by atoms with Crippen molar-refractivity contribution in [3.8, 4) is 0 Å². The fourth-order valence-corrected chi connectivity index (χ4v) is 0.293. The van der Waals surface area contributed by atoms with Gasteiger partial charge in [0.1, 0.15) is 5.04 Å². The summed E-state index contributed by atoms with van der Waals surface area (Å²) in [4.78, 5) is 14.6. The molecule has 0 rings (SSSR count). The van der Waals surface area contributed by atoms with Gasteiger partial charge in [0.25, 0.3) is 0 Å². The molecule has 0 aliphatic rings. The highest BCUT2D eigenvalue weighted by Gasteiger charge is 1.96. The monoisotopic (exact) mass is 161 g/mol. The van der Waals surface area contributed by atoms with Gasteiger partial charge in [-0.3, -0.25) is 4.84 Å². The van der Waals surface area contributed by atoms with E-state index in [1.54, 1.807) is 6.92 Å². The Morgan fingerprint density at radius 3 is 2.60 bits per heavy atom. The Balaban J connectivity index is 3.61. The lowest BCUT2D eigenvalue weighted by molar-refractivity contribution is 0.152. The zero-order valence-corrected chi connectivity index (χ0v) is 6.94. The first-order valence-corrected chi connectivity index (χ1v) is 3.82. The van der Waals surface area contributed by atoms with Gasteiger partial charge in [-0.25, -0.2) is 10.1 Å². The molecule has 5 heteroatoms. The molecule has 0 saturated carbocycles. The molecule has 0 aromatic rings. The van der Waals surface area contributed by atoms with Gasteiger partial charge in [-0.05, 0) is 13.2 Å². The third-order valence-corrected chi connectivity index (χ3v) is 1.40. The first-order chi connectivity index (χ1) is 4.70. The minimum absolute atomic E-state index is 0.673. The summed E-state index contributed by atoms with van der Waals surface area (Å²) >= 11 is 1.41. The molecule has 0 saturated heterocycles. The van der Waals surface area contributed by atoms with Crippen LogP contribution in [0.15, 0.2) is 5.16 Å². The van der Waals surface area contributed by atoms with Crippen molar-refractivity contribution in [3.05, 3.63) is 0 Å². The molecule has 10 heavy (non-hydrogen) atoms. The topological polar surface area (TPSA) is 52.8 Å². The van der Waals surface area contributed by atoms with E-state index in [9.17, 15) is 4.79 Å². The molecule has 57 valence electrons. The zero-order valence-electron chi connectivity index (χ0n) is 6.12. The number of rotatable bonds is 1. The summed E-state index contributed by atoms with van der Waals surface area (Å²) in [6, 6.07) is 0. The maximum absolute atomic E-state index is 10.3. The van der Waals surface area contributed by atoms with E-state index in [-0.39, 0.29) is 0 Å². The van der Waals surface area contributed by atoms with Crippen LogP contribution in [-0.4, -0.2) is 24.4 Å². The molecular formula is C5H9N2O2S. The molecular weight excluding hydrogens is 152 g/mol. The molecule has 1 amide bonds. The second-order valence-corrected chi connectivity index (χ2v) is 2.39. The van der Waals surface area contributed by atoms with Crippen LogP contribution in [0.4, 0.5) is 4.79 Å². The Kier molecular flexibility index (Phi) is 4.74. The normalized spacial score (nSPS) is 10.9. The molecule has 1 radical (unpaired) electrons. The number of thioether (sulfide) groups is 1. The van der Waals surface area contributed by atoms with Gasteiger partial charge < -0.3 is 0 Å². The summed E-state index contributed by atoms with van der Waals surface area (Å²) in [5.74, 6) is 0. The van der Waals surface area contributed by atoms with Crippen LogP contribution in [-0.2, 0) is 4.84 Å². The molecule has 4 nitrogen and oxygen atoms in total. The summed E-state index contributed by atoms with van der Waals surface area (Å²) < 4.78 is 0. The molecule has 0 atom stereocenters. The van der Waals surface area contributed by atoms with Gasteiger partial charge in [0.2, 0.25) is 0 Å². The number of hydrogen-bond acceptors (Lipinski definition) is 4. The van der Waals surface area contributed by atoms with Gasteiger partial charge in [0.15, 0.2) is 0 Å². The fraction of sp³-hybridized carbons (Fsp3) is 0.600. The number of carbonyl (C=O) groups excluding carboxylic acids is 1. The van der Waals surface area contributed by atoms with Crippen molar-refractivity contribution < 1.29 is 9.63 Å². The van der Waals surface area contributed by atoms with E-state index in [4.69, 9.17) is 0 Å². The molecule has 0 aliphatic heterocycles. The van der Waals surface area contributed by atoms with E-state index in [2.05, 4.69) is 15.3 Å². The van der Waals surface area contributed by atoms with Crippen molar-refractivity contribution in [1.29, 1.82) is 0 Å². The molecule has 0 spiro atoms. The van der Waals surface area contributed by atoms with Crippen LogP contribution in [0, 0.1) is 0 Å². The van der Waals surface area contributed by atoms with Crippen LogP contribution >= 0.6 is 11.8 Å². The first kappa shape index (κ1) is 9.29. The second kappa shape index (κ2) is 5.10. The minimum Gasteiger partial charge on any atom is -0.296 e. The van der Waals surface area contributed by atoms with E-state index < -0.39 is 6.09 Å². The maximum atomic E-state index is 10.3. The average Bonchev–Trinajstić information content (AvgIpc) is 1.99. The Bertz CT molecular complexity index is 147. The van der Waals surface area contributed by atoms with E-state index in [0.29, 0.717) is 5.04 Å². The SMILES string of the molecule is C[N]C(=O)ON=C(C)SC. The number of oxime groups is 1. The van der Waals surface area contributed by atoms with Crippen LogP contribution < -0.4 is 5.32 Å². The molecule has 0 N–H and O–H groups in total. The lowest BCUT2D eigenvalue weighted by atomic mass is 10.9. The summed E-state index contributed by atoms with van der Waals surface area (Å²) in [5.41, 5.74) is 0. The third-order valence-electron chi connectivity index (χ3n) is 0.730. The van der Waals surface area contributed by atoms with Gasteiger partial charge in [0, 0.05) is 7.05 Å². The van der Waals surface area contributed by atoms with E-state index in [0.717, 1.165) is 0 Å². The number of amides is 1. The first-order valence-electron chi connectivity index (χ1n) is 2.60. The van der Waals surface area contributed by atoms with Crippen LogP contribution in [0.1, 0.15) is 6.92 Å². The Morgan fingerprint density at radius 2 is 2.20 bits per heavy atom. The standard InChI is InChI=1S/C5H9N2O2S/c1-4(10-3)7-9-5(8)6-2/h1-3H3. The quantitative estimate of drug-likeness (QED) is 0.250. The molecule has 0 bridgehead atoms. The number of carbonyl (C=O) groups is 1. The van der Waals surface area contributed by atoms with Crippen molar-refractivity contribution in [1.82, 2.24) is 5.32 Å². The van der Waals surface area contributed by atoms with Crippen LogP contribution in [0.2, 0.25) is 0 Å². The number of hydrogen-bond donors (Lipinski definition) is 0. The largest absolute Gasteiger partial charge is 0.454 e. The highest BCUT2D eigenvalue weighted by molar-refractivity contribution is 8.13. The van der Waals surface area contributed by atoms with Crippen LogP contribution in [0.3, 0.4) is 0 Å². The highest BCUT2D eigenvalue weighted by Crippen LogP contribution is 1.96. The van der Waals surface area contributed by atoms with E-state index in [1.165, 1.54) is 18.8 Å². The molecule has 0 aliphatic carbocycles. The van der Waals surface area contributed by atoms with Gasteiger partial charge >= 0.3 is 6.09 Å². The van der Waals surface area contributed by atoms with Crippen molar-refractivity contribution in [2.75, 3.05) is 13.3 Å². The third kappa shape index (κ3) is 4.20. The predicted molar refractivity (Wildman–Crippen MR) is 41.2 cm³/mol. The Morgan fingerprint density at radius 1 is 1.60 bits per heavy atom. The summed E-state index contributed by atoms with van der Waals surface area (Å²) in [5, 5.41) is 7.36. The number of nitrogens with zero attached hydrogens (tertiary/aromatic N) is 2. The summed E-state index contributed by atoms with van der Waals surface area (Å²) in [6.07, 6.45) is 1.17.